The largest absolute Gasteiger partial charge is 0.302 e. The van der Waals surface area contributed by atoms with Crippen molar-refractivity contribution < 1.29 is 0 Å². The molecule has 0 aromatic heterocycles. The molecule has 1 aromatic carbocycles. The van der Waals surface area contributed by atoms with Gasteiger partial charge in [-0.15, -0.1) is 11.6 Å². The molecule has 1 nitrogen and oxygen atoms in total. The van der Waals surface area contributed by atoms with Gasteiger partial charge in [0.2, 0.25) is 0 Å². The van der Waals surface area contributed by atoms with Crippen LogP contribution >= 0.6 is 11.6 Å². The van der Waals surface area contributed by atoms with E-state index in [0.717, 1.165) is 13.0 Å². The van der Waals surface area contributed by atoms with Crippen LogP contribution < -0.4 is 0 Å². The standard InChI is InChI=1S/C18H28ClN/c1-15(2)13-16-7-9-17(10-8-16)18(19)14-20-11-5-3-4-6-12-20/h7-10,15,18H,3-6,11-14H2,1-2H3. The number of hydrogen-bond acceptors (Lipinski definition) is 1. The molecule has 0 spiro atoms. The molecule has 0 bridgehead atoms. The minimum Gasteiger partial charge on any atom is -0.302 e. The van der Waals surface area contributed by atoms with Crippen LogP contribution in [0.1, 0.15) is 56.0 Å². The third-order valence-electron chi connectivity index (χ3n) is 4.10. The number of alkyl halides is 1. The molecule has 1 heterocycles. The van der Waals surface area contributed by atoms with E-state index in [2.05, 4.69) is 43.0 Å². The number of nitrogens with zero attached hydrogens (tertiary/aromatic N) is 1. The average molecular weight is 294 g/mol. The number of rotatable bonds is 5. The monoisotopic (exact) mass is 293 g/mol. The average Bonchev–Trinajstić information content (AvgIpc) is 2.67. The molecule has 1 aliphatic rings. The topological polar surface area (TPSA) is 3.24 Å². The van der Waals surface area contributed by atoms with Crippen molar-refractivity contribution in [1.82, 2.24) is 4.90 Å². The normalized spacial score (nSPS) is 19.0. The molecule has 2 heteroatoms. The van der Waals surface area contributed by atoms with Crippen LogP contribution in [-0.4, -0.2) is 24.5 Å². The lowest BCUT2D eigenvalue weighted by Crippen LogP contribution is -2.28. The Hall–Kier alpha value is -0.530. The molecule has 1 aromatic rings. The predicted molar refractivity (Wildman–Crippen MR) is 88.5 cm³/mol. The molecule has 1 unspecified atom stereocenters. The lowest BCUT2D eigenvalue weighted by atomic mass is 10.0. The fraction of sp³-hybridized carbons (Fsp3) is 0.667. The lowest BCUT2D eigenvalue weighted by molar-refractivity contribution is 0.285. The first-order valence-electron chi connectivity index (χ1n) is 8.10. The fourth-order valence-corrected chi connectivity index (χ4v) is 3.33. The minimum atomic E-state index is 0.126. The van der Waals surface area contributed by atoms with E-state index in [1.807, 2.05) is 0 Å². The molecule has 112 valence electrons. The van der Waals surface area contributed by atoms with Gasteiger partial charge in [0, 0.05) is 6.54 Å². The van der Waals surface area contributed by atoms with E-state index in [1.54, 1.807) is 0 Å². The van der Waals surface area contributed by atoms with E-state index in [0.29, 0.717) is 5.92 Å². The molecular weight excluding hydrogens is 266 g/mol. The van der Waals surface area contributed by atoms with Gasteiger partial charge in [0.05, 0.1) is 5.38 Å². The highest BCUT2D eigenvalue weighted by molar-refractivity contribution is 6.21. The Kier molecular flexibility index (Phi) is 6.38. The van der Waals surface area contributed by atoms with Crippen LogP contribution in [0.4, 0.5) is 0 Å². The van der Waals surface area contributed by atoms with Crippen molar-refractivity contribution in [3.63, 3.8) is 0 Å². The molecule has 1 saturated heterocycles. The summed E-state index contributed by atoms with van der Waals surface area (Å²) in [4.78, 5) is 2.53. The molecule has 0 N–H and O–H groups in total. The summed E-state index contributed by atoms with van der Waals surface area (Å²) in [5.41, 5.74) is 2.69. The van der Waals surface area contributed by atoms with Crippen LogP contribution in [-0.2, 0) is 6.42 Å². The van der Waals surface area contributed by atoms with Crippen LogP contribution in [0.3, 0.4) is 0 Å². The molecule has 2 rings (SSSR count). The Morgan fingerprint density at radius 3 is 2.15 bits per heavy atom. The van der Waals surface area contributed by atoms with Gasteiger partial charge in [-0.05, 0) is 49.4 Å². The molecule has 1 fully saturated rings. The van der Waals surface area contributed by atoms with Crippen molar-refractivity contribution >= 4 is 11.6 Å². The molecule has 0 radical (unpaired) electrons. The van der Waals surface area contributed by atoms with Gasteiger partial charge < -0.3 is 4.90 Å². The Morgan fingerprint density at radius 1 is 1.00 bits per heavy atom. The highest BCUT2D eigenvalue weighted by atomic mass is 35.5. The first-order valence-corrected chi connectivity index (χ1v) is 8.54. The summed E-state index contributed by atoms with van der Waals surface area (Å²) in [6.45, 7) is 7.95. The van der Waals surface area contributed by atoms with Gasteiger partial charge in [0.25, 0.3) is 0 Å². The molecule has 1 atom stereocenters. The fourth-order valence-electron chi connectivity index (χ4n) is 2.98. The van der Waals surface area contributed by atoms with E-state index in [4.69, 9.17) is 11.6 Å². The summed E-state index contributed by atoms with van der Waals surface area (Å²) < 4.78 is 0. The third kappa shape index (κ3) is 5.10. The zero-order chi connectivity index (χ0) is 14.4. The highest BCUT2D eigenvalue weighted by Gasteiger charge is 2.15. The summed E-state index contributed by atoms with van der Waals surface area (Å²) in [6, 6.07) is 8.92. The SMILES string of the molecule is CC(C)Cc1ccc(C(Cl)CN2CCCCCC2)cc1. The smallest absolute Gasteiger partial charge is 0.0712 e. The molecule has 0 amide bonds. The van der Waals surface area contributed by atoms with Crippen molar-refractivity contribution in [3.8, 4) is 0 Å². The van der Waals surface area contributed by atoms with Crippen LogP contribution in [0.25, 0.3) is 0 Å². The van der Waals surface area contributed by atoms with E-state index < -0.39 is 0 Å². The molecule has 20 heavy (non-hydrogen) atoms. The number of benzene rings is 1. The van der Waals surface area contributed by atoms with Crippen molar-refractivity contribution in [2.75, 3.05) is 19.6 Å². The van der Waals surface area contributed by atoms with Crippen molar-refractivity contribution in [2.45, 2.75) is 51.3 Å². The molecule has 0 saturated carbocycles. The Bertz CT molecular complexity index is 377. The maximum atomic E-state index is 6.61. The van der Waals surface area contributed by atoms with E-state index in [1.165, 1.54) is 49.9 Å². The summed E-state index contributed by atoms with van der Waals surface area (Å²) in [6.07, 6.45) is 6.58. The lowest BCUT2D eigenvalue weighted by Gasteiger charge is -2.23. The van der Waals surface area contributed by atoms with Crippen molar-refractivity contribution in [3.05, 3.63) is 35.4 Å². The summed E-state index contributed by atoms with van der Waals surface area (Å²) in [7, 11) is 0. The zero-order valence-electron chi connectivity index (χ0n) is 12.9. The van der Waals surface area contributed by atoms with Crippen LogP contribution in [0.5, 0.6) is 0 Å². The quantitative estimate of drug-likeness (QED) is 0.687. The first-order chi connectivity index (χ1) is 9.65. The van der Waals surface area contributed by atoms with Gasteiger partial charge in [-0.2, -0.15) is 0 Å². The summed E-state index contributed by atoms with van der Waals surface area (Å²) >= 11 is 6.61. The van der Waals surface area contributed by atoms with E-state index >= 15 is 0 Å². The molecule has 0 aliphatic carbocycles. The second-order valence-electron chi connectivity index (χ2n) is 6.52. The van der Waals surface area contributed by atoms with Gasteiger partial charge in [-0.25, -0.2) is 0 Å². The maximum absolute atomic E-state index is 6.61. The maximum Gasteiger partial charge on any atom is 0.0712 e. The minimum absolute atomic E-state index is 0.126. The zero-order valence-corrected chi connectivity index (χ0v) is 13.7. The second-order valence-corrected chi connectivity index (χ2v) is 7.05. The van der Waals surface area contributed by atoms with Crippen LogP contribution in [0.2, 0.25) is 0 Å². The summed E-state index contributed by atoms with van der Waals surface area (Å²) in [5.74, 6) is 0.713. The van der Waals surface area contributed by atoms with Gasteiger partial charge in [0.1, 0.15) is 0 Å². The third-order valence-corrected chi connectivity index (χ3v) is 4.49. The number of hydrogen-bond donors (Lipinski definition) is 0. The molecular formula is C18H28ClN. The molecule has 1 aliphatic heterocycles. The number of likely N-dealkylation sites (tertiary alicyclic amines) is 1. The van der Waals surface area contributed by atoms with Gasteiger partial charge in [-0.3, -0.25) is 0 Å². The van der Waals surface area contributed by atoms with Crippen LogP contribution in [0, 0.1) is 5.92 Å². The van der Waals surface area contributed by atoms with Gasteiger partial charge in [0.15, 0.2) is 0 Å². The van der Waals surface area contributed by atoms with E-state index in [-0.39, 0.29) is 5.38 Å². The van der Waals surface area contributed by atoms with Crippen molar-refractivity contribution in [1.29, 1.82) is 0 Å². The Balaban J connectivity index is 1.89. The summed E-state index contributed by atoms with van der Waals surface area (Å²) in [5, 5.41) is 0.126. The Labute approximate surface area is 129 Å². The van der Waals surface area contributed by atoms with Crippen molar-refractivity contribution in [2.24, 2.45) is 5.92 Å². The van der Waals surface area contributed by atoms with Gasteiger partial charge >= 0.3 is 0 Å². The van der Waals surface area contributed by atoms with Gasteiger partial charge in [-0.1, -0.05) is 51.0 Å². The number of halogens is 1. The highest BCUT2D eigenvalue weighted by Crippen LogP contribution is 2.24. The van der Waals surface area contributed by atoms with Crippen LogP contribution in [0.15, 0.2) is 24.3 Å². The predicted octanol–water partition coefficient (Wildman–Crippen LogP) is 5.04. The van der Waals surface area contributed by atoms with E-state index in [9.17, 15) is 0 Å². The second kappa shape index (κ2) is 8.05. The Morgan fingerprint density at radius 2 is 1.60 bits per heavy atom. The first kappa shape index (κ1) is 15.9.